The first-order chi connectivity index (χ1) is 8.09. The topological polar surface area (TPSA) is 55.1 Å². The van der Waals surface area contributed by atoms with Crippen molar-refractivity contribution in [1.29, 1.82) is 0 Å². The van der Waals surface area contributed by atoms with Gasteiger partial charge in [-0.1, -0.05) is 17.7 Å². The van der Waals surface area contributed by atoms with Crippen LogP contribution in [0.1, 0.15) is 13.3 Å². The second-order valence-electron chi connectivity index (χ2n) is 4.01. The Morgan fingerprint density at radius 2 is 2.29 bits per heavy atom. The maximum absolute atomic E-state index is 12.1. The molecule has 0 aliphatic rings. The summed E-state index contributed by atoms with van der Waals surface area (Å²) < 4.78 is 1.47. The van der Waals surface area contributed by atoms with Crippen LogP contribution in [0.2, 0.25) is 5.02 Å². The van der Waals surface area contributed by atoms with Crippen LogP contribution in [0.5, 0.6) is 0 Å². The Labute approximate surface area is 103 Å². The lowest BCUT2D eigenvalue weighted by atomic mass is 10.2. The minimum absolute atomic E-state index is 0.166. The van der Waals surface area contributed by atoms with Gasteiger partial charge in [0, 0.05) is 6.54 Å². The maximum Gasteiger partial charge on any atom is 0.262 e. The van der Waals surface area contributed by atoms with Crippen molar-refractivity contribution in [2.24, 2.45) is 0 Å². The molecule has 0 fully saturated rings. The summed E-state index contributed by atoms with van der Waals surface area (Å²) in [5, 5.41) is 10.1. The number of benzene rings is 1. The van der Waals surface area contributed by atoms with Gasteiger partial charge in [0.2, 0.25) is 0 Å². The molecule has 1 aromatic heterocycles. The lowest BCUT2D eigenvalue weighted by Gasteiger charge is -2.08. The zero-order chi connectivity index (χ0) is 12.4. The van der Waals surface area contributed by atoms with Crippen LogP contribution < -0.4 is 5.56 Å². The number of hydrogen-bond donors (Lipinski definition) is 1. The van der Waals surface area contributed by atoms with Crippen molar-refractivity contribution in [3.05, 3.63) is 39.9 Å². The molecule has 0 aliphatic heterocycles. The van der Waals surface area contributed by atoms with Crippen LogP contribution in [-0.4, -0.2) is 20.8 Å². The molecule has 2 aromatic rings. The van der Waals surface area contributed by atoms with Gasteiger partial charge < -0.3 is 5.11 Å². The van der Waals surface area contributed by atoms with Crippen LogP contribution in [-0.2, 0) is 6.54 Å². The lowest BCUT2D eigenvalue weighted by Crippen LogP contribution is -2.22. The average Bonchev–Trinajstić information content (AvgIpc) is 2.28. The number of aliphatic hydroxyl groups is 1. The van der Waals surface area contributed by atoms with Gasteiger partial charge >= 0.3 is 0 Å². The largest absolute Gasteiger partial charge is 0.393 e. The number of aliphatic hydroxyl groups excluding tert-OH is 1. The van der Waals surface area contributed by atoms with Gasteiger partial charge in [0.1, 0.15) is 0 Å². The molecule has 0 radical (unpaired) electrons. The molecule has 2 rings (SSSR count). The molecule has 0 saturated carbocycles. The van der Waals surface area contributed by atoms with Crippen LogP contribution in [0, 0.1) is 0 Å². The van der Waals surface area contributed by atoms with E-state index in [1.807, 2.05) is 0 Å². The number of nitrogens with zero attached hydrogens (tertiary/aromatic N) is 2. The minimum atomic E-state index is -0.441. The fourth-order valence-electron chi connectivity index (χ4n) is 1.65. The minimum Gasteiger partial charge on any atom is -0.393 e. The van der Waals surface area contributed by atoms with Crippen molar-refractivity contribution >= 4 is 22.5 Å². The second kappa shape index (κ2) is 4.85. The van der Waals surface area contributed by atoms with Crippen molar-refractivity contribution in [2.75, 3.05) is 0 Å². The molecule has 0 saturated heterocycles. The third kappa shape index (κ3) is 2.48. The maximum atomic E-state index is 12.1. The Morgan fingerprint density at radius 1 is 1.53 bits per heavy atom. The van der Waals surface area contributed by atoms with Gasteiger partial charge in [-0.05, 0) is 25.5 Å². The Hall–Kier alpha value is -1.39. The summed E-state index contributed by atoms with van der Waals surface area (Å²) in [6.07, 6.45) is 1.56. The molecule has 1 heterocycles. The quantitative estimate of drug-likeness (QED) is 0.907. The predicted molar refractivity (Wildman–Crippen MR) is 67.3 cm³/mol. The van der Waals surface area contributed by atoms with Crippen molar-refractivity contribution in [1.82, 2.24) is 9.55 Å². The van der Waals surface area contributed by atoms with E-state index in [-0.39, 0.29) is 5.56 Å². The van der Waals surface area contributed by atoms with E-state index in [1.165, 1.54) is 10.9 Å². The van der Waals surface area contributed by atoms with Crippen molar-refractivity contribution in [2.45, 2.75) is 26.0 Å². The van der Waals surface area contributed by atoms with E-state index in [0.29, 0.717) is 28.9 Å². The fraction of sp³-hybridized carbons (Fsp3) is 0.333. The lowest BCUT2D eigenvalue weighted by molar-refractivity contribution is 0.177. The molecule has 0 aliphatic carbocycles. The molecule has 1 atom stereocenters. The molecule has 1 aromatic carbocycles. The molecule has 0 amide bonds. The number of fused-ring (bicyclic) bond motifs is 1. The molecule has 90 valence electrons. The summed E-state index contributed by atoms with van der Waals surface area (Å²) in [5.41, 5.74) is 0.428. The van der Waals surface area contributed by atoms with Gasteiger partial charge in [-0.25, -0.2) is 4.98 Å². The smallest absolute Gasteiger partial charge is 0.262 e. The third-order valence-electron chi connectivity index (χ3n) is 2.59. The highest BCUT2D eigenvalue weighted by molar-refractivity contribution is 6.35. The first-order valence-corrected chi connectivity index (χ1v) is 5.79. The van der Waals surface area contributed by atoms with E-state index >= 15 is 0 Å². The van der Waals surface area contributed by atoms with Crippen LogP contribution in [0.15, 0.2) is 29.3 Å². The molecule has 0 bridgehead atoms. The van der Waals surface area contributed by atoms with E-state index in [2.05, 4.69) is 4.98 Å². The summed E-state index contributed by atoms with van der Waals surface area (Å²) in [4.78, 5) is 16.3. The van der Waals surface area contributed by atoms with Gasteiger partial charge in [0.15, 0.2) is 0 Å². The van der Waals surface area contributed by atoms with E-state index < -0.39 is 6.10 Å². The summed E-state index contributed by atoms with van der Waals surface area (Å²) >= 11 is 5.99. The molecule has 5 heteroatoms. The Morgan fingerprint density at radius 3 is 3.00 bits per heavy atom. The van der Waals surface area contributed by atoms with Crippen LogP contribution in [0.4, 0.5) is 0 Å². The van der Waals surface area contributed by atoms with E-state index in [9.17, 15) is 9.90 Å². The van der Waals surface area contributed by atoms with Gasteiger partial charge in [0.25, 0.3) is 5.56 Å². The Bertz CT molecular complexity index is 593. The summed E-state index contributed by atoms with van der Waals surface area (Å²) in [6, 6.07) is 5.19. The van der Waals surface area contributed by atoms with Crippen LogP contribution in [0.25, 0.3) is 10.9 Å². The van der Waals surface area contributed by atoms with E-state index in [4.69, 9.17) is 11.6 Å². The van der Waals surface area contributed by atoms with Gasteiger partial charge in [-0.15, -0.1) is 0 Å². The molecular weight excluding hydrogens is 240 g/mol. The highest BCUT2D eigenvalue weighted by Gasteiger charge is 2.07. The van der Waals surface area contributed by atoms with Crippen molar-refractivity contribution < 1.29 is 5.11 Å². The van der Waals surface area contributed by atoms with E-state index in [0.717, 1.165) is 0 Å². The summed E-state index contributed by atoms with van der Waals surface area (Å²) in [5.74, 6) is 0. The molecule has 1 unspecified atom stereocenters. The Balaban J connectivity index is 2.50. The molecule has 4 nitrogen and oxygen atoms in total. The number of halogens is 1. The Kier molecular flexibility index (Phi) is 3.45. The van der Waals surface area contributed by atoms with Crippen molar-refractivity contribution in [3.63, 3.8) is 0 Å². The predicted octanol–water partition coefficient (Wildman–Crippen LogP) is 1.82. The summed E-state index contributed by atoms with van der Waals surface area (Å²) in [6.45, 7) is 2.12. The van der Waals surface area contributed by atoms with Gasteiger partial charge in [0.05, 0.1) is 28.4 Å². The third-order valence-corrected chi connectivity index (χ3v) is 2.91. The van der Waals surface area contributed by atoms with Gasteiger partial charge in [-0.3, -0.25) is 9.36 Å². The molecular formula is C12H13ClN2O2. The molecule has 0 spiro atoms. The zero-order valence-corrected chi connectivity index (χ0v) is 10.2. The highest BCUT2D eigenvalue weighted by atomic mass is 35.5. The number of aromatic nitrogens is 2. The SMILES string of the molecule is CC(O)CCn1cnc2cccc(Cl)c2c1=O. The summed E-state index contributed by atoms with van der Waals surface area (Å²) in [7, 11) is 0. The first kappa shape index (κ1) is 12.1. The highest BCUT2D eigenvalue weighted by Crippen LogP contribution is 2.17. The normalized spacial score (nSPS) is 12.9. The standard InChI is InChI=1S/C12H13ClN2O2/c1-8(16)5-6-15-7-14-10-4-2-3-9(13)11(10)12(15)17/h2-4,7-8,16H,5-6H2,1H3. The van der Waals surface area contributed by atoms with E-state index in [1.54, 1.807) is 25.1 Å². The number of rotatable bonds is 3. The number of hydrogen-bond acceptors (Lipinski definition) is 3. The van der Waals surface area contributed by atoms with Crippen LogP contribution in [0.3, 0.4) is 0 Å². The first-order valence-electron chi connectivity index (χ1n) is 5.41. The average molecular weight is 253 g/mol. The number of aryl methyl sites for hydroxylation is 1. The monoisotopic (exact) mass is 252 g/mol. The van der Waals surface area contributed by atoms with Crippen molar-refractivity contribution in [3.8, 4) is 0 Å². The zero-order valence-electron chi connectivity index (χ0n) is 9.43. The fourth-order valence-corrected chi connectivity index (χ4v) is 1.90. The molecule has 17 heavy (non-hydrogen) atoms. The van der Waals surface area contributed by atoms with Gasteiger partial charge in [-0.2, -0.15) is 0 Å². The molecule has 1 N–H and O–H groups in total. The second-order valence-corrected chi connectivity index (χ2v) is 4.42. The van der Waals surface area contributed by atoms with Crippen LogP contribution >= 0.6 is 11.6 Å².